The highest BCUT2D eigenvalue weighted by molar-refractivity contribution is 7.17. The summed E-state index contributed by atoms with van der Waals surface area (Å²) in [7, 11) is 0. The van der Waals surface area contributed by atoms with E-state index in [2.05, 4.69) is 5.32 Å². The van der Waals surface area contributed by atoms with Crippen molar-refractivity contribution in [3.8, 4) is 0 Å². The van der Waals surface area contributed by atoms with Gasteiger partial charge in [-0.15, -0.1) is 11.3 Å². The van der Waals surface area contributed by atoms with E-state index in [9.17, 15) is 4.79 Å². The maximum atomic E-state index is 11.8. The highest BCUT2D eigenvalue weighted by atomic mass is 32.1. The van der Waals surface area contributed by atoms with Gasteiger partial charge in [-0.1, -0.05) is 25.1 Å². The summed E-state index contributed by atoms with van der Waals surface area (Å²) in [4.78, 5) is 11.8. The van der Waals surface area contributed by atoms with E-state index in [1.807, 2.05) is 36.6 Å². The molecule has 1 heterocycles. The Labute approximate surface area is 92.9 Å². The number of carbonyl (C=O) groups excluding carboxylic acids is 1. The minimum Gasteiger partial charge on any atom is -0.352 e. The SMILES string of the molecule is CCCNC(=O)c1csc2ccccc12. The van der Waals surface area contributed by atoms with Gasteiger partial charge in [-0.3, -0.25) is 4.79 Å². The number of nitrogens with one attached hydrogen (secondary N) is 1. The van der Waals surface area contributed by atoms with E-state index >= 15 is 0 Å². The fourth-order valence-electron chi connectivity index (χ4n) is 1.49. The number of fused-ring (bicyclic) bond motifs is 1. The highest BCUT2D eigenvalue weighted by Gasteiger charge is 2.10. The zero-order chi connectivity index (χ0) is 10.7. The molecule has 2 aromatic rings. The Kier molecular flexibility index (Phi) is 3.02. The van der Waals surface area contributed by atoms with Crippen molar-refractivity contribution in [3.05, 3.63) is 35.2 Å². The van der Waals surface area contributed by atoms with Crippen LogP contribution in [0.25, 0.3) is 10.1 Å². The van der Waals surface area contributed by atoms with Gasteiger partial charge in [0.15, 0.2) is 0 Å². The molecule has 78 valence electrons. The molecule has 2 rings (SSSR count). The van der Waals surface area contributed by atoms with Gasteiger partial charge in [-0.2, -0.15) is 0 Å². The van der Waals surface area contributed by atoms with Crippen LogP contribution in [-0.2, 0) is 0 Å². The Morgan fingerprint density at radius 1 is 1.40 bits per heavy atom. The third kappa shape index (κ3) is 2.02. The zero-order valence-corrected chi connectivity index (χ0v) is 9.43. The Morgan fingerprint density at radius 2 is 2.20 bits per heavy atom. The Hall–Kier alpha value is -1.35. The van der Waals surface area contributed by atoms with Crippen LogP contribution in [0, 0.1) is 0 Å². The lowest BCUT2D eigenvalue weighted by molar-refractivity contribution is 0.0955. The molecule has 0 bridgehead atoms. The lowest BCUT2D eigenvalue weighted by Gasteiger charge is -2.01. The third-order valence-electron chi connectivity index (χ3n) is 2.26. The average Bonchev–Trinajstić information content (AvgIpc) is 2.69. The quantitative estimate of drug-likeness (QED) is 0.844. The molecular formula is C12H13NOS. The molecule has 0 spiro atoms. The lowest BCUT2D eigenvalue weighted by atomic mass is 10.1. The molecule has 0 aliphatic rings. The molecule has 0 aliphatic carbocycles. The van der Waals surface area contributed by atoms with Crippen molar-refractivity contribution in [1.29, 1.82) is 0 Å². The number of hydrogen-bond acceptors (Lipinski definition) is 2. The maximum Gasteiger partial charge on any atom is 0.252 e. The minimum atomic E-state index is 0.0364. The standard InChI is InChI=1S/C12H13NOS/c1-2-7-13-12(14)10-8-15-11-6-4-3-5-9(10)11/h3-6,8H,2,7H2,1H3,(H,13,14). The fourth-order valence-corrected chi connectivity index (χ4v) is 2.43. The molecule has 15 heavy (non-hydrogen) atoms. The first-order valence-corrected chi connectivity index (χ1v) is 5.95. The number of carbonyl (C=O) groups is 1. The van der Waals surface area contributed by atoms with Crippen LogP contribution in [0.15, 0.2) is 29.6 Å². The zero-order valence-electron chi connectivity index (χ0n) is 8.62. The second kappa shape index (κ2) is 4.45. The second-order valence-electron chi connectivity index (χ2n) is 3.40. The van der Waals surface area contributed by atoms with E-state index in [4.69, 9.17) is 0 Å². The minimum absolute atomic E-state index is 0.0364. The third-order valence-corrected chi connectivity index (χ3v) is 3.22. The highest BCUT2D eigenvalue weighted by Crippen LogP contribution is 2.25. The molecule has 0 saturated heterocycles. The van der Waals surface area contributed by atoms with Gasteiger partial charge in [0.25, 0.3) is 5.91 Å². The topological polar surface area (TPSA) is 29.1 Å². The van der Waals surface area contributed by atoms with Crippen LogP contribution in [0.1, 0.15) is 23.7 Å². The monoisotopic (exact) mass is 219 g/mol. The molecule has 0 fully saturated rings. The van der Waals surface area contributed by atoms with E-state index in [0.717, 1.165) is 23.9 Å². The van der Waals surface area contributed by atoms with Crippen LogP contribution in [-0.4, -0.2) is 12.5 Å². The molecule has 1 aromatic carbocycles. The predicted molar refractivity (Wildman–Crippen MR) is 64.4 cm³/mol. The smallest absolute Gasteiger partial charge is 0.252 e. The van der Waals surface area contributed by atoms with E-state index in [1.54, 1.807) is 11.3 Å². The van der Waals surface area contributed by atoms with Crippen LogP contribution >= 0.6 is 11.3 Å². The van der Waals surface area contributed by atoms with Crippen LogP contribution in [0.3, 0.4) is 0 Å². The summed E-state index contributed by atoms with van der Waals surface area (Å²) < 4.78 is 1.17. The number of rotatable bonds is 3. The van der Waals surface area contributed by atoms with E-state index < -0.39 is 0 Å². The molecule has 2 nitrogen and oxygen atoms in total. The van der Waals surface area contributed by atoms with E-state index in [-0.39, 0.29) is 5.91 Å². The van der Waals surface area contributed by atoms with Gasteiger partial charge in [0.05, 0.1) is 5.56 Å². The molecular weight excluding hydrogens is 206 g/mol. The molecule has 0 aliphatic heterocycles. The Balaban J connectivity index is 2.31. The summed E-state index contributed by atoms with van der Waals surface area (Å²) >= 11 is 1.61. The van der Waals surface area contributed by atoms with E-state index in [0.29, 0.717) is 0 Å². The Morgan fingerprint density at radius 3 is 3.00 bits per heavy atom. The van der Waals surface area contributed by atoms with Crippen molar-refractivity contribution >= 4 is 27.3 Å². The summed E-state index contributed by atoms with van der Waals surface area (Å²) in [5.41, 5.74) is 0.795. The van der Waals surface area contributed by atoms with Gasteiger partial charge in [-0.25, -0.2) is 0 Å². The summed E-state index contributed by atoms with van der Waals surface area (Å²) in [6.45, 7) is 2.79. The second-order valence-corrected chi connectivity index (χ2v) is 4.31. The van der Waals surface area contributed by atoms with Crippen LogP contribution in [0.5, 0.6) is 0 Å². The van der Waals surface area contributed by atoms with Crippen molar-refractivity contribution in [2.75, 3.05) is 6.54 Å². The maximum absolute atomic E-state index is 11.8. The Bertz CT molecular complexity index is 475. The largest absolute Gasteiger partial charge is 0.352 e. The first-order chi connectivity index (χ1) is 7.33. The molecule has 1 amide bonds. The predicted octanol–water partition coefficient (Wildman–Crippen LogP) is 3.04. The van der Waals surface area contributed by atoms with Gasteiger partial charge in [0.1, 0.15) is 0 Å². The average molecular weight is 219 g/mol. The summed E-state index contributed by atoms with van der Waals surface area (Å²) in [5.74, 6) is 0.0364. The van der Waals surface area contributed by atoms with Crippen molar-refractivity contribution in [2.45, 2.75) is 13.3 Å². The van der Waals surface area contributed by atoms with Crippen LogP contribution < -0.4 is 5.32 Å². The first kappa shape index (κ1) is 10.2. The number of amides is 1. The van der Waals surface area contributed by atoms with Gasteiger partial charge in [0.2, 0.25) is 0 Å². The van der Waals surface area contributed by atoms with Crippen molar-refractivity contribution in [3.63, 3.8) is 0 Å². The first-order valence-electron chi connectivity index (χ1n) is 5.07. The molecule has 1 aromatic heterocycles. The summed E-state index contributed by atoms with van der Waals surface area (Å²) in [6, 6.07) is 7.99. The summed E-state index contributed by atoms with van der Waals surface area (Å²) in [5, 5.41) is 5.87. The van der Waals surface area contributed by atoms with E-state index in [1.165, 1.54) is 4.70 Å². The van der Waals surface area contributed by atoms with Gasteiger partial charge < -0.3 is 5.32 Å². The van der Waals surface area contributed by atoms with Crippen LogP contribution in [0.2, 0.25) is 0 Å². The van der Waals surface area contributed by atoms with Gasteiger partial charge in [-0.05, 0) is 12.5 Å². The molecule has 1 N–H and O–H groups in total. The van der Waals surface area contributed by atoms with Crippen molar-refractivity contribution < 1.29 is 4.79 Å². The van der Waals surface area contributed by atoms with Gasteiger partial charge in [0, 0.05) is 22.0 Å². The molecule has 3 heteroatoms. The fraction of sp³-hybridized carbons (Fsp3) is 0.250. The number of thiophene rings is 1. The van der Waals surface area contributed by atoms with Gasteiger partial charge >= 0.3 is 0 Å². The molecule has 0 atom stereocenters. The van der Waals surface area contributed by atoms with Crippen LogP contribution in [0.4, 0.5) is 0 Å². The number of hydrogen-bond donors (Lipinski definition) is 1. The molecule has 0 radical (unpaired) electrons. The normalized spacial score (nSPS) is 10.5. The lowest BCUT2D eigenvalue weighted by Crippen LogP contribution is -2.23. The van der Waals surface area contributed by atoms with Crippen molar-refractivity contribution in [1.82, 2.24) is 5.32 Å². The van der Waals surface area contributed by atoms with Crippen molar-refractivity contribution in [2.24, 2.45) is 0 Å². The molecule has 0 saturated carbocycles. The summed E-state index contributed by atoms with van der Waals surface area (Å²) in [6.07, 6.45) is 0.966. The molecule has 0 unspecified atom stereocenters. The number of benzene rings is 1.